The Morgan fingerprint density at radius 2 is 1.76 bits per heavy atom. The molecule has 0 radical (unpaired) electrons. The van der Waals surface area contributed by atoms with Crippen LogP contribution in [0.2, 0.25) is 0 Å². The molecular formula is C15H17F3O3. The fourth-order valence-electron chi connectivity index (χ4n) is 2.78. The van der Waals surface area contributed by atoms with Crippen LogP contribution in [0.3, 0.4) is 0 Å². The molecule has 1 saturated carbocycles. The Bertz CT molecular complexity index is 521. The fraction of sp³-hybridized carbons (Fsp3) is 0.533. The lowest BCUT2D eigenvalue weighted by atomic mass is 9.61. The highest BCUT2D eigenvalue weighted by Crippen LogP contribution is 2.47. The van der Waals surface area contributed by atoms with E-state index in [1.165, 1.54) is 18.2 Å². The summed E-state index contributed by atoms with van der Waals surface area (Å²) < 4.78 is 46.7. The van der Waals surface area contributed by atoms with Crippen LogP contribution >= 0.6 is 0 Å². The van der Waals surface area contributed by atoms with Gasteiger partial charge in [-0.15, -0.1) is 13.2 Å². The maximum Gasteiger partial charge on any atom is 0.573 e. The first-order valence-electron chi connectivity index (χ1n) is 6.87. The summed E-state index contributed by atoms with van der Waals surface area (Å²) in [5.74, 6) is -0.268. The monoisotopic (exact) mass is 302 g/mol. The predicted octanol–water partition coefficient (Wildman–Crippen LogP) is 4.11. The number of hydrogen-bond donors (Lipinski definition) is 0. The normalized spacial score (nSPS) is 20.8. The topological polar surface area (TPSA) is 35.5 Å². The molecule has 1 fully saturated rings. The average Bonchev–Trinajstić information content (AvgIpc) is 2.40. The Morgan fingerprint density at radius 3 is 2.24 bits per heavy atom. The lowest BCUT2D eigenvalue weighted by Crippen LogP contribution is -2.56. The van der Waals surface area contributed by atoms with Crippen molar-refractivity contribution in [3.8, 4) is 11.5 Å². The summed E-state index contributed by atoms with van der Waals surface area (Å²) in [7, 11) is 0. The molecule has 0 heterocycles. The van der Waals surface area contributed by atoms with Gasteiger partial charge in [-0.2, -0.15) is 0 Å². The molecule has 6 heteroatoms. The van der Waals surface area contributed by atoms with Gasteiger partial charge in [-0.25, -0.2) is 0 Å². The Kier molecular flexibility index (Phi) is 4.16. The number of rotatable bonds is 5. The van der Waals surface area contributed by atoms with Crippen LogP contribution < -0.4 is 9.47 Å². The first kappa shape index (κ1) is 15.7. The summed E-state index contributed by atoms with van der Waals surface area (Å²) in [6.07, 6.45) is -3.74. The minimum absolute atomic E-state index is 0.0126. The molecule has 1 atom stereocenters. The SMILES string of the molecule is CCC1(CC)C(=O)CC1Oc1ccccc1OC(F)(F)F. The van der Waals surface area contributed by atoms with E-state index >= 15 is 0 Å². The number of hydrogen-bond acceptors (Lipinski definition) is 3. The first-order chi connectivity index (χ1) is 9.82. The van der Waals surface area contributed by atoms with Crippen LogP contribution in [-0.2, 0) is 4.79 Å². The third-order valence-corrected chi connectivity index (χ3v) is 4.15. The van der Waals surface area contributed by atoms with E-state index in [1.807, 2.05) is 13.8 Å². The Hall–Kier alpha value is -1.72. The molecule has 0 N–H and O–H groups in total. The van der Waals surface area contributed by atoms with Crippen LogP contribution in [0.5, 0.6) is 11.5 Å². The maximum absolute atomic E-state index is 12.4. The summed E-state index contributed by atoms with van der Waals surface area (Å²) in [5.41, 5.74) is -0.592. The van der Waals surface area contributed by atoms with Crippen molar-refractivity contribution in [3.63, 3.8) is 0 Å². The van der Waals surface area contributed by atoms with Crippen LogP contribution in [-0.4, -0.2) is 18.2 Å². The molecule has 0 bridgehead atoms. The van der Waals surface area contributed by atoms with Gasteiger partial charge in [0, 0.05) is 6.42 Å². The molecule has 0 saturated heterocycles. The Morgan fingerprint density at radius 1 is 1.19 bits per heavy atom. The molecular weight excluding hydrogens is 285 g/mol. The van der Waals surface area contributed by atoms with Gasteiger partial charge >= 0.3 is 6.36 Å². The van der Waals surface area contributed by atoms with Gasteiger partial charge in [0.2, 0.25) is 0 Å². The van der Waals surface area contributed by atoms with Gasteiger partial charge in [0.05, 0.1) is 5.41 Å². The average molecular weight is 302 g/mol. The second-order valence-corrected chi connectivity index (χ2v) is 5.09. The van der Waals surface area contributed by atoms with Gasteiger partial charge in [0.15, 0.2) is 11.5 Å². The molecule has 1 aliphatic rings. The van der Waals surface area contributed by atoms with Crippen LogP contribution in [0, 0.1) is 5.41 Å². The van der Waals surface area contributed by atoms with E-state index < -0.39 is 17.9 Å². The minimum Gasteiger partial charge on any atom is -0.485 e. The van der Waals surface area contributed by atoms with E-state index in [0.29, 0.717) is 12.8 Å². The number of ketones is 1. The highest BCUT2D eigenvalue weighted by atomic mass is 19.4. The molecule has 116 valence electrons. The van der Waals surface area contributed by atoms with Crippen LogP contribution in [0.4, 0.5) is 13.2 Å². The van der Waals surface area contributed by atoms with Crippen molar-refractivity contribution in [2.24, 2.45) is 5.41 Å². The first-order valence-corrected chi connectivity index (χ1v) is 6.87. The smallest absolute Gasteiger partial charge is 0.485 e. The van der Waals surface area contributed by atoms with Gasteiger partial charge in [-0.3, -0.25) is 4.79 Å². The standard InChI is InChI=1S/C15H17F3O3/c1-3-14(4-2)12(19)9-13(14)20-10-7-5-6-8-11(10)21-15(16,17)18/h5-8,13H,3-4,9H2,1-2H3. The highest BCUT2D eigenvalue weighted by Gasteiger charge is 2.54. The molecule has 0 amide bonds. The molecule has 1 unspecified atom stereocenters. The van der Waals surface area contributed by atoms with Crippen molar-refractivity contribution >= 4 is 5.78 Å². The van der Waals surface area contributed by atoms with Crippen molar-refractivity contribution < 1.29 is 27.4 Å². The molecule has 0 aromatic heterocycles. The number of ether oxygens (including phenoxy) is 2. The summed E-state index contributed by atoms with van der Waals surface area (Å²) in [6, 6.07) is 5.62. The van der Waals surface area contributed by atoms with E-state index in [1.54, 1.807) is 6.07 Å². The zero-order valence-electron chi connectivity index (χ0n) is 11.9. The van der Waals surface area contributed by atoms with Gasteiger partial charge in [-0.1, -0.05) is 26.0 Å². The number of alkyl halides is 3. The molecule has 1 aromatic carbocycles. The molecule has 2 rings (SSSR count). The van der Waals surface area contributed by atoms with Gasteiger partial charge in [-0.05, 0) is 25.0 Å². The number of para-hydroxylation sites is 2. The van der Waals surface area contributed by atoms with Gasteiger partial charge in [0.25, 0.3) is 0 Å². The molecule has 21 heavy (non-hydrogen) atoms. The molecule has 0 aliphatic heterocycles. The Balaban J connectivity index is 2.19. The molecule has 0 spiro atoms. The van der Waals surface area contributed by atoms with Crippen molar-refractivity contribution in [3.05, 3.63) is 24.3 Å². The van der Waals surface area contributed by atoms with Crippen molar-refractivity contribution in [2.45, 2.75) is 45.6 Å². The van der Waals surface area contributed by atoms with Crippen molar-refractivity contribution in [2.75, 3.05) is 0 Å². The zero-order valence-corrected chi connectivity index (χ0v) is 11.9. The maximum atomic E-state index is 12.4. The molecule has 1 aliphatic carbocycles. The van der Waals surface area contributed by atoms with E-state index in [9.17, 15) is 18.0 Å². The van der Waals surface area contributed by atoms with Crippen LogP contribution in [0.25, 0.3) is 0 Å². The quantitative estimate of drug-likeness (QED) is 0.821. The third-order valence-electron chi connectivity index (χ3n) is 4.15. The fourth-order valence-corrected chi connectivity index (χ4v) is 2.78. The number of carbonyl (C=O) groups is 1. The lowest BCUT2D eigenvalue weighted by Gasteiger charge is -2.46. The van der Waals surface area contributed by atoms with E-state index in [4.69, 9.17) is 4.74 Å². The summed E-state index contributed by atoms with van der Waals surface area (Å²) in [4.78, 5) is 11.8. The lowest BCUT2D eigenvalue weighted by molar-refractivity contribution is -0.275. The second kappa shape index (κ2) is 5.58. The summed E-state index contributed by atoms with van der Waals surface area (Å²) in [5, 5.41) is 0. The predicted molar refractivity (Wildman–Crippen MR) is 70.2 cm³/mol. The molecule has 1 aromatic rings. The van der Waals surface area contributed by atoms with Crippen molar-refractivity contribution in [1.29, 1.82) is 0 Å². The number of Topliss-reactive ketones (excluding diaryl/α,β-unsaturated/α-hetero) is 1. The largest absolute Gasteiger partial charge is 0.573 e. The number of halogens is 3. The van der Waals surface area contributed by atoms with Crippen LogP contribution in [0.1, 0.15) is 33.1 Å². The summed E-state index contributed by atoms with van der Waals surface area (Å²) >= 11 is 0. The molecule has 3 nitrogen and oxygen atoms in total. The van der Waals surface area contributed by atoms with Crippen LogP contribution in [0.15, 0.2) is 24.3 Å². The number of benzene rings is 1. The van der Waals surface area contributed by atoms with E-state index in [-0.39, 0.29) is 23.7 Å². The minimum atomic E-state index is -4.78. The number of carbonyl (C=O) groups excluding carboxylic acids is 1. The third kappa shape index (κ3) is 2.99. The van der Waals surface area contributed by atoms with Gasteiger partial charge in [0.1, 0.15) is 11.9 Å². The van der Waals surface area contributed by atoms with Gasteiger partial charge < -0.3 is 9.47 Å². The Labute approximate surface area is 121 Å². The second-order valence-electron chi connectivity index (χ2n) is 5.09. The highest BCUT2D eigenvalue weighted by molar-refractivity contribution is 5.92. The zero-order chi connectivity index (χ0) is 15.7. The van der Waals surface area contributed by atoms with Crippen molar-refractivity contribution in [1.82, 2.24) is 0 Å². The van der Waals surface area contributed by atoms with E-state index in [0.717, 1.165) is 0 Å². The summed E-state index contributed by atoms with van der Waals surface area (Å²) in [6.45, 7) is 3.77. The van der Waals surface area contributed by atoms with E-state index in [2.05, 4.69) is 4.74 Å².